The molecule has 1 aromatic heterocycles. The van der Waals surface area contributed by atoms with Crippen LogP contribution < -0.4 is 15.7 Å². The number of aliphatic hydroxyl groups is 1. The second-order valence-corrected chi connectivity index (χ2v) is 11.4. The van der Waals surface area contributed by atoms with Crippen molar-refractivity contribution in [1.82, 2.24) is 24.4 Å². The van der Waals surface area contributed by atoms with E-state index in [9.17, 15) is 49.5 Å². The van der Waals surface area contributed by atoms with Crippen LogP contribution in [0.15, 0.2) is 53.3 Å². The molecule has 0 aliphatic rings. The van der Waals surface area contributed by atoms with Crippen molar-refractivity contribution in [3.63, 3.8) is 0 Å². The van der Waals surface area contributed by atoms with E-state index in [0.717, 1.165) is 18.2 Å². The first kappa shape index (κ1) is 33.1. The molecule has 0 bridgehead atoms. The minimum Gasteiger partial charge on any atom is -0.382 e. The van der Waals surface area contributed by atoms with Gasteiger partial charge in [-0.3, -0.25) is 9.36 Å². The second kappa shape index (κ2) is 12.8. The lowest BCUT2D eigenvalue weighted by Gasteiger charge is -2.23. The van der Waals surface area contributed by atoms with Crippen LogP contribution in [0.1, 0.15) is 24.1 Å². The quantitative estimate of drug-likeness (QED) is 0.275. The number of hydrogen-bond donors (Lipinski definition) is 3. The molecule has 18 heteroatoms. The lowest BCUT2D eigenvalue weighted by atomic mass is 10.00. The number of nitrogens with one attached hydrogen (secondary N) is 2. The van der Waals surface area contributed by atoms with Gasteiger partial charge in [-0.15, -0.1) is 5.10 Å². The number of amides is 1. The van der Waals surface area contributed by atoms with Gasteiger partial charge in [0.1, 0.15) is 6.54 Å². The Balaban J connectivity index is 1.98. The number of rotatable bonds is 11. The third-order valence-electron chi connectivity index (χ3n) is 5.92. The number of benzene rings is 2. The zero-order valence-corrected chi connectivity index (χ0v) is 23.2. The highest BCUT2D eigenvalue weighted by molar-refractivity contribution is 7.89. The highest BCUT2D eigenvalue weighted by atomic mass is 35.5. The van der Waals surface area contributed by atoms with E-state index in [4.69, 9.17) is 11.6 Å². The SMILES string of the molecule is CCS(=O)(=O)NCC(NC(=O)Cn1nc(-c2ccc(Cl)cc2)n(C[C@H](O)C(F)(F)F)c1=O)c1ccccc1C(F)(F)F. The molecule has 10 nitrogen and oxygen atoms in total. The molecule has 3 rings (SSSR count). The summed E-state index contributed by atoms with van der Waals surface area (Å²) >= 11 is 5.84. The zero-order valence-electron chi connectivity index (χ0n) is 21.6. The average molecular weight is 644 g/mol. The molecule has 0 aliphatic carbocycles. The van der Waals surface area contributed by atoms with E-state index in [1.165, 1.54) is 37.3 Å². The largest absolute Gasteiger partial charge is 0.416 e. The fourth-order valence-electron chi connectivity index (χ4n) is 3.78. The summed E-state index contributed by atoms with van der Waals surface area (Å²) in [7, 11) is -3.91. The number of aliphatic hydroxyl groups excluding tert-OH is 1. The van der Waals surface area contributed by atoms with Crippen molar-refractivity contribution in [2.45, 2.75) is 44.5 Å². The van der Waals surface area contributed by atoms with Gasteiger partial charge in [0.15, 0.2) is 11.9 Å². The van der Waals surface area contributed by atoms with Gasteiger partial charge in [-0.1, -0.05) is 29.8 Å². The van der Waals surface area contributed by atoms with Gasteiger partial charge in [0.25, 0.3) is 0 Å². The molecule has 0 fully saturated rings. The first-order valence-corrected chi connectivity index (χ1v) is 14.1. The Morgan fingerprint density at radius 3 is 2.26 bits per heavy atom. The van der Waals surface area contributed by atoms with Crippen molar-refractivity contribution >= 4 is 27.5 Å². The molecule has 230 valence electrons. The fraction of sp³-hybridized carbons (Fsp3) is 0.375. The number of halogens is 7. The van der Waals surface area contributed by atoms with Crippen LogP contribution in [0.5, 0.6) is 0 Å². The van der Waals surface area contributed by atoms with Crippen LogP contribution in [0.25, 0.3) is 11.4 Å². The topological polar surface area (TPSA) is 135 Å². The highest BCUT2D eigenvalue weighted by Gasteiger charge is 2.40. The summed E-state index contributed by atoms with van der Waals surface area (Å²) in [6.07, 6.45) is -12.9. The third-order valence-corrected chi connectivity index (χ3v) is 7.53. The maximum absolute atomic E-state index is 13.7. The van der Waals surface area contributed by atoms with Crippen molar-refractivity contribution in [2.24, 2.45) is 0 Å². The van der Waals surface area contributed by atoms with Gasteiger partial charge in [-0.25, -0.2) is 22.6 Å². The summed E-state index contributed by atoms with van der Waals surface area (Å²) in [5.41, 5.74) is -2.77. The monoisotopic (exact) mass is 643 g/mol. The summed E-state index contributed by atoms with van der Waals surface area (Å²) in [6, 6.07) is 7.91. The fourth-order valence-corrected chi connectivity index (χ4v) is 4.53. The van der Waals surface area contributed by atoms with E-state index in [2.05, 4.69) is 15.1 Å². The number of aromatic nitrogens is 3. The Labute approximate surface area is 240 Å². The molecule has 0 spiro atoms. The molecule has 1 heterocycles. The smallest absolute Gasteiger partial charge is 0.382 e. The number of carbonyl (C=O) groups is 1. The highest BCUT2D eigenvalue weighted by Crippen LogP contribution is 2.34. The molecule has 0 radical (unpaired) electrons. The summed E-state index contributed by atoms with van der Waals surface area (Å²) in [4.78, 5) is 26.0. The number of sulfonamides is 1. The van der Waals surface area contributed by atoms with Crippen LogP contribution >= 0.6 is 11.6 Å². The summed E-state index contributed by atoms with van der Waals surface area (Å²) in [5, 5.41) is 16.0. The standard InChI is InChI=1S/C24H24ClF6N5O5S/c1-2-42(40,41)32-11-18(16-5-3-4-6-17(16)23(26,27)28)33-20(38)13-36-22(39)35(12-19(37)24(29,30)31)21(34-36)14-7-9-15(25)10-8-14/h3-10,18-19,32,37H,2,11-13H2,1H3,(H,33,38)/t18?,19-/m0/s1. The number of carbonyl (C=O) groups excluding carboxylic acids is 1. The summed E-state index contributed by atoms with van der Waals surface area (Å²) < 4.78 is 107. The predicted octanol–water partition coefficient (Wildman–Crippen LogP) is 3.10. The van der Waals surface area contributed by atoms with Crippen molar-refractivity contribution in [1.29, 1.82) is 0 Å². The van der Waals surface area contributed by atoms with Crippen LogP contribution in [-0.4, -0.2) is 58.4 Å². The van der Waals surface area contributed by atoms with E-state index in [-0.39, 0.29) is 16.4 Å². The van der Waals surface area contributed by atoms with E-state index >= 15 is 0 Å². The Kier molecular flexibility index (Phi) is 10.1. The Bertz CT molecular complexity index is 1570. The van der Waals surface area contributed by atoms with Gasteiger partial charge in [0.05, 0.1) is 23.9 Å². The molecule has 2 aromatic carbocycles. The van der Waals surface area contributed by atoms with E-state index in [0.29, 0.717) is 9.25 Å². The van der Waals surface area contributed by atoms with Gasteiger partial charge in [-0.2, -0.15) is 26.3 Å². The van der Waals surface area contributed by atoms with Crippen molar-refractivity contribution in [3.8, 4) is 11.4 Å². The number of alkyl halides is 6. The van der Waals surface area contributed by atoms with Crippen LogP contribution in [0.4, 0.5) is 26.3 Å². The minimum absolute atomic E-state index is 0.107. The second-order valence-electron chi connectivity index (χ2n) is 8.90. The zero-order chi connectivity index (χ0) is 31.5. The molecule has 1 amide bonds. The molecular formula is C24H24ClF6N5O5S. The van der Waals surface area contributed by atoms with Crippen molar-refractivity contribution in [3.05, 3.63) is 75.2 Å². The third kappa shape index (κ3) is 8.33. The molecule has 1 unspecified atom stereocenters. The molecule has 0 aliphatic heterocycles. The van der Waals surface area contributed by atoms with Gasteiger partial charge in [0.2, 0.25) is 15.9 Å². The number of hydrogen-bond acceptors (Lipinski definition) is 6. The van der Waals surface area contributed by atoms with E-state index < -0.39 is 82.6 Å². The van der Waals surface area contributed by atoms with E-state index in [1.807, 2.05) is 0 Å². The lowest BCUT2D eigenvalue weighted by molar-refractivity contribution is -0.207. The molecular weight excluding hydrogens is 620 g/mol. The Hall–Kier alpha value is -3.41. The summed E-state index contributed by atoms with van der Waals surface area (Å²) in [6.45, 7) is -1.65. The summed E-state index contributed by atoms with van der Waals surface area (Å²) in [5.74, 6) is -1.88. The van der Waals surface area contributed by atoms with E-state index in [1.54, 1.807) is 0 Å². The first-order chi connectivity index (χ1) is 19.4. The first-order valence-electron chi connectivity index (χ1n) is 12.0. The maximum atomic E-state index is 13.7. The number of nitrogens with zero attached hydrogens (tertiary/aromatic N) is 3. The van der Waals surface area contributed by atoms with Gasteiger partial charge < -0.3 is 10.4 Å². The lowest BCUT2D eigenvalue weighted by Crippen LogP contribution is -2.42. The Morgan fingerprint density at radius 1 is 1.07 bits per heavy atom. The maximum Gasteiger partial charge on any atom is 0.416 e. The van der Waals surface area contributed by atoms with Crippen molar-refractivity contribution in [2.75, 3.05) is 12.3 Å². The molecule has 0 saturated carbocycles. The molecule has 3 N–H and O–H groups in total. The minimum atomic E-state index is -5.10. The van der Waals surface area contributed by atoms with Gasteiger partial charge in [0, 0.05) is 17.1 Å². The van der Waals surface area contributed by atoms with Crippen LogP contribution in [0.2, 0.25) is 5.02 Å². The van der Waals surface area contributed by atoms with Crippen LogP contribution in [0, 0.1) is 0 Å². The van der Waals surface area contributed by atoms with Gasteiger partial charge in [-0.05, 0) is 42.8 Å². The van der Waals surface area contributed by atoms with Crippen LogP contribution in [0.3, 0.4) is 0 Å². The molecule has 42 heavy (non-hydrogen) atoms. The predicted molar refractivity (Wildman–Crippen MR) is 139 cm³/mol. The molecule has 0 saturated heterocycles. The van der Waals surface area contributed by atoms with Crippen molar-refractivity contribution < 1.29 is 44.7 Å². The normalized spacial score (nSPS) is 14.0. The average Bonchev–Trinajstić information content (AvgIpc) is 3.20. The van der Waals surface area contributed by atoms with Crippen LogP contribution in [-0.2, 0) is 34.1 Å². The Morgan fingerprint density at radius 2 is 1.69 bits per heavy atom. The van der Waals surface area contributed by atoms with Gasteiger partial charge >= 0.3 is 18.0 Å². The molecule has 2 atom stereocenters. The molecule has 3 aromatic rings.